The van der Waals surface area contributed by atoms with Gasteiger partial charge < -0.3 is 0 Å². The monoisotopic (exact) mass is 342 g/mol. The maximum Gasteiger partial charge on any atom is 0.218 e. The summed E-state index contributed by atoms with van der Waals surface area (Å²) in [7, 11) is -3.34. The summed E-state index contributed by atoms with van der Waals surface area (Å²) < 4.78 is 26.9. The van der Waals surface area contributed by atoms with Crippen LogP contribution in [-0.4, -0.2) is 23.7 Å². The van der Waals surface area contributed by atoms with Crippen molar-refractivity contribution in [2.75, 3.05) is 0 Å². The molecule has 1 aromatic heterocycles. The molecule has 1 saturated carbocycles. The zero-order valence-corrected chi connectivity index (χ0v) is 13.7. The Balaban J connectivity index is 1.78. The molecule has 7 heteroatoms. The van der Waals surface area contributed by atoms with E-state index in [0.29, 0.717) is 11.6 Å². The second-order valence-electron chi connectivity index (χ2n) is 5.08. The molecule has 0 saturated heterocycles. The highest BCUT2D eigenvalue weighted by atomic mass is 35.5. The van der Waals surface area contributed by atoms with E-state index in [1.54, 1.807) is 34.8 Å². The zero-order valence-electron chi connectivity index (χ0n) is 11.3. The summed E-state index contributed by atoms with van der Waals surface area (Å²) in [5.74, 6) is 0.00600. The minimum absolute atomic E-state index is 0.00600. The quantitative estimate of drug-likeness (QED) is 0.809. The highest BCUT2D eigenvalue weighted by molar-refractivity contribution is 7.88. The number of halogens is 1. The Labute approximate surface area is 133 Å². The van der Waals surface area contributed by atoms with E-state index in [9.17, 15) is 8.42 Å². The summed E-state index contributed by atoms with van der Waals surface area (Å²) in [5.41, 5.74) is 0.754. The van der Waals surface area contributed by atoms with E-state index < -0.39 is 10.0 Å². The lowest BCUT2D eigenvalue weighted by molar-refractivity contribution is 0.397. The molecular weight excluding hydrogens is 328 g/mol. The first-order chi connectivity index (χ1) is 10.0. The average molecular weight is 343 g/mol. The Morgan fingerprint density at radius 3 is 2.57 bits per heavy atom. The van der Waals surface area contributed by atoms with Gasteiger partial charge in [0.2, 0.25) is 10.0 Å². The van der Waals surface area contributed by atoms with Gasteiger partial charge >= 0.3 is 0 Å². The number of nitrogens with zero attached hydrogens (tertiary/aromatic N) is 2. The second-order valence-corrected chi connectivity index (χ2v) is 8.42. The number of hydrogen-bond acceptors (Lipinski definition) is 4. The molecule has 1 aliphatic carbocycles. The van der Waals surface area contributed by atoms with Crippen LogP contribution in [0.2, 0.25) is 5.02 Å². The van der Waals surface area contributed by atoms with Crippen molar-refractivity contribution in [2.24, 2.45) is 0 Å². The lowest BCUT2D eigenvalue weighted by Crippen LogP contribution is -2.33. The molecule has 1 aromatic carbocycles. The Morgan fingerprint density at radius 1 is 1.29 bits per heavy atom. The minimum Gasteiger partial charge on any atom is -0.248 e. The minimum atomic E-state index is -3.34. The Hall–Kier alpha value is -0.950. The largest absolute Gasteiger partial charge is 0.248 e. The standard InChI is InChI=1S/C14H15ClN2O2S2/c15-12-3-1-11(2-4-12)10-21(18,19)17(13-5-6-13)9-14-16-7-8-20-14/h1-4,7-8,13H,5-6,9-10H2. The SMILES string of the molecule is O=S(=O)(Cc1ccc(Cl)cc1)N(Cc1nccs1)C1CC1. The van der Waals surface area contributed by atoms with E-state index in [4.69, 9.17) is 11.6 Å². The van der Waals surface area contributed by atoms with E-state index in [-0.39, 0.29) is 11.8 Å². The highest BCUT2D eigenvalue weighted by Gasteiger charge is 2.37. The molecule has 0 N–H and O–H groups in total. The van der Waals surface area contributed by atoms with E-state index in [1.807, 2.05) is 5.38 Å². The van der Waals surface area contributed by atoms with Crippen LogP contribution >= 0.6 is 22.9 Å². The van der Waals surface area contributed by atoms with Crippen LogP contribution < -0.4 is 0 Å². The molecule has 0 bridgehead atoms. The van der Waals surface area contributed by atoms with Crippen molar-refractivity contribution >= 4 is 33.0 Å². The van der Waals surface area contributed by atoms with Gasteiger partial charge in [-0.15, -0.1) is 11.3 Å². The lowest BCUT2D eigenvalue weighted by atomic mass is 10.2. The van der Waals surface area contributed by atoms with E-state index in [2.05, 4.69) is 4.98 Å². The summed E-state index contributed by atoms with van der Waals surface area (Å²) in [6.07, 6.45) is 3.58. The molecule has 0 unspecified atom stereocenters. The molecule has 1 fully saturated rings. The zero-order chi connectivity index (χ0) is 14.9. The fourth-order valence-electron chi connectivity index (χ4n) is 2.16. The van der Waals surface area contributed by atoms with Gasteiger partial charge in [0, 0.05) is 22.6 Å². The van der Waals surface area contributed by atoms with Crippen LogP contribution in [0, 0.1) is 0 Å². The van der Waals surface area contributed by atoms with Gasteiger partial charge in [-0.3, -0.25) is 0 Å². The van der Waals surface area contributed by atoms with Gasteiger partial charge in [-0.05, 0) is 30.5 Å². The lowest BCUT2D eigenvalue weighted by Gasteiger charge is -2.20. The van der Waals surface area contributed by atoms with Crippen molar-refractivity contribution in [3.05, 3.63) is 51.4 Å². The van der Waals surface area contributed by atoms with Crippen molar-refractivity contribution in [3.63, 3.8) is 0 Å². The summed E-state index contributed by atoms with van der Waals surface area (Å²) in [6, 6.07) is 7.08. The van der Waals surface area contributed by atoms with Gasteiger partial charge in [-0.1, -0.05) is 23.7 Å². The van der Waals surface area contributed by atoms with Crippen LogP contribution in [0.15, 0.2) is 35.8 Å². The van der Waals surface area contributed by atoms with Gasteiger partial charge in [-0.2, -0.15) is 4.31 Å². The van der Waals surface area contributed by atoms with Crippen LogP contribution in [0.1, 0.15) is 23.4 Å². The predicted molar refractivity (Wildman–Crippen MR) is 84.8 cm³/mol. The molecule has 0 aliphatic heterocycles. The van der Waals surface area contributed by atoms with Crippen molar-refractivity contribution in [2.45, 2.75) is 31.2 Å². The maximum atomic E-state index is 12.7. The van der Waals surface area contributed by atoms with Crippen molar-refractivity contribution < 1.29 is 8.42 Å². The fourth-order valence-corrected chi connectivity index (χ4v) is 4.74. The van der Waals surface area contributed by atoms with Crippen molar-refractivity contribution in [3.8, 4) is 0 Å². The first-order valence-electron chi connectivity index (χ1n) is 6.67. The number of benzene rings is 1. The topological polar surface area (TPSA) is 50.3 Å². The normalized spacial score (nSPS) is 15.5. The molecule has 112 valence electrons. The van der Waals surface area contributed by atoms with E-state index in [1.165, 1.54) is 11.3 Å². The van der Waals surface area contributed by atoms with Crippen molar-refractivity contribution in [1.82, 2.24) is 9.29 Å². The average Bonchev–Trinajstić information content (AvgIpc) is 3.14. The van der Waals surface area contributed by atoms with E-state index in [0.717, 1.165) is 23.4 Å². The summed E-state index contributed by atoms with van der Waals surface area (Å²) in [4.78, 5) is 4.19. The summed E-state index contributed by atoms with van der Waals surface area (Å²) in [6.45, 7) is 0.373. The van der Waals surface area contributed by atoms with Gasteiger partial charge in [-0.25, -0.2) is 13.4 Å². The third-order valence-corrected chi connectivity index (χ3v) is 6.20. The van der Waals surface area contributed by atoms with E-state index >= 15 is 0 Å². The number of sulfonamides is 1. The molecule has 4 nitrogen and oxygen atoms in total. The molecule has 21 heavy (non-hydrogen) atoms. The first kappa shape index (κ1) is 15.0. The van der Waals surface area contributed by atoms with Crippen LogP contribution in [0.4, 0.5) is 0 Å². The van der Waals surface area contributed by atoms with Crippen LogP contribution in [-0.2, 0) is 22.3 Å². The number of hydrogen-bond donors (Lipinski definition) is 0. The predicted octanol–water partition coefficient (Wildman–Crippen LogP) is 3.29. The van der Waals surface area contributed by atoms with Crippen LogP contribution in [0.3, 0.4) is 0 Å². The molecular formula is C14H15ClN2O2S2. The number of thiazole rings is 1. The fraction of sp³-hybridized carbons (Fsp3) is 0.357. The second kappa shape index (κ2) is 6.04. The molecule has 1 heterocycles. The first-order valence-corrected chi connectivity index (χ1v) is 9.53. The summed E-state index contributed by atoms with van der Waals surface area (Å²) >= 11 is 7.32. The smallest absolute Gasteiger partial charge is 0.218 e. The van der Waals surface area contributed by atoms with Crippen molar-refractivity contribution in [1.29, 1.82) is 0 Å². The molecule has 1 aliphatic rings. The maximum absolute atomic E-state index is 12.7. The highest BCUT2D eigenvalue weighted by Crippen LogP contribution is 2.32. The Kier molecular flexibility index (Phi) is 4.31. The van der Waals surface area contributed by atoms with Crippen LogP contribution in [0.25, 0.3) is 0 Å². The molecule has 3 rings (SSSR count). The van der Waals surface area contributed by atoms with Gasteiger partial charge in [0.05, 0.1) is 12.3 Å². The molecule has 0 spiro atoms. The third kappa shape index (κ3) is 3.83. The third-order valence-electron chi connectivity index (χ3n) is 3.35. The number of rotatable bonds is 6. The molecule has 0 radical (unpaired) electrons. The molecule has 0 atom stereocenters. The Morgan fingerprint density at radius 2 is 2.00 bits per heavy atom. The molecule has 0 amide bonds. The molecule has 2 aromatic rings. The van der Waals surface area contributed by atoms with Crippen LogP contribution in [0.5, 0.6) is 0 Å². The van der Waals surface area contributed by atoms with Gasteiger partial charge in [0.15, 0.2) is 0 Å². The summed E-state index contributed by atoms with van der Waals surface area (Å²) in [5, 5.41) is 3.31. The number of aromatic nitrogens is 1. The van der Waals surface area contributed by atoms with Gasteiger partial charge in [0.1, 0.15) is 5.01 Å². The Bertz CT molecular complexity index is 695. The van der Waals surface area contributed by atoms with Gasteiger partial charge in [0.25, 0.3) is 0 Å².